The van der Waals surface area contributed by atoms with Crippen LogP contribution in [0.5, 0.6) is 0 Å². The smallest absolute Gasteiger partial charge is 0.0867 e. The average Bonchev–Trinajstić information content (AvgIpc) is 3.61. The minimum atomic E-state index is 0.149. The van der Waals surface area contributed by atoms with Gasteiger partial charge in [0, 0.05) is 5.92 Å². The molecule has 0 spiro atoms. The highest BCUT2D eigenvalue weighted by atomic mass is 19.1. The van der Waals surface area contributed by atoms with Crippen molar-refractivity contribution in [1.29, 1.82) is 0 Å². The van der Waals surface area contributed by atoms with Crippen LogP contribution in [0.25, 0.3) is 5.57 Å². The van der Waals surface area contributed by atoms with Crippen molar-refractivity contribution in [2.75, 3.05) is 0 Å². The summed E-state index contributed by atoms with van der Waals surface area (Å²) >= 11 is 0. The third-order valence-corrected chi connectivity index (χ3v) is 7.94. The molecule has 4 rings (SSSR count). The average molecular weight is 441 g/mol. The van der Waals surface area contributed by atoms with Crippen molar-refractivity contribution in [3.63, 3.8) is 0 Å². The van der Waals surface area contributed by atoms with Crippen LogP contribution in [0.15, 0.2) is 103 Å². The molecule has 2 fully saturated rings. The van der Waals surface area contributed by atoms with E-state index in [0.717, 1.165) is 31.3 Å². The number of allylic oxidation sites excluding steroid dienone is 11. The molecular weight excluding hydrogens is 403 g/mol. The topological polar surface area (TPSA) is 0 Å². The van der Waals surface area contributed by atoms with E-state index < -0.39 is 0 Å². The lowest BCUT2D eigenvalue weighted by Gasteiger charge is -2.28. The Kier molecular flexibility index (Phi) is 6.88. The normalized spacial score (nSPS) is 29.1. The van der Waals surface area contributed by atoms with E-state index in [-0.39, 0.29) is 5.41 Å². The largest absolute Gasteiger partial charge is 0.216 e. The number of hydrogen-bond acceptors (Lipinski definition) is 0. The van der Waals surface area contributed by atoms with Crippen molar-refractivity contribution in [1.82, 2.24) is 0 Å². The van der Waals surface area contributed by atoms with Gasteiger partial charge in [-0.25, -0.2) is 4.39 Å². The highest BCUT2D eigenvalue weighted by Crippen LogP contribution is 2.90. The summed E-state index contributed by atoms with van der Waals surface area (Å²) in [5, 5.41) is 0. The number of halogens is 1. The first kappa shape index (κ1) is 23.5. The Morgan fingerprint density at radius 3 is 2.67 bits per heavy atom. The van der Waals surface area contributed by atoms with Crippen molar-refractivity contribution >= 4 is 5.57 Å². The molecule has 0 N–H and O–H groups in total. The summed E-state index contributed by atoms with van der Waals surface area (Å²) in [6.07, 6.45) is 19.8. The molecule has 0 heterocycles. The van der Waals surface area contributed by atoms with Gasteiger partial charge < -0.3 is 0 Å². The first-order valence-electron chi connectivity index (χ1n) is 12.5. The van der Waals surface area contributed by atoms with Crippen LogP contribution in [0, 0.1) is 29.1 Å². The maximum Gasteiger partial charge on any atom is 0.0867 e. The Balaban J connectivity index is 1.72. The zero-order chi connectivity index (χ0) is 23.6. The summed E-state index contributed by atoms with van der Waals surface area (Å²) in [5.41, 5.74) is 7.84. The fourth-order valence-electron chi connectivity index (χ4n) is 6.43. The van der Waals surface area contributed by atoms with E-state index in [0.29, 0.717) is 30.0 Å². The van der Waals surface area contributed by atoms with Crippen molar-refractivity contribution in [3.05, 3.63) is 114 Å². The van der Waals surface area contributed by atoms with E-state index in [1.807, 2.05) is 6.08 Å². The highest BCUT2D eigenvalue weighted by molar-refractivity contribution is 5.82. The SMILES string of the molecule is C=CC1C2C(/C(=C\C=C/F)C(=C)c3ccccc3CCC)C12C(/C=C\CC)C1=CC=C(C)C1. The fourth-order valence-corrected chi connectivity index (χ4v) is 6.43. The van der Waals surface area contributed by atoms with E-state index in [1.54, 1.807) is 0 Å². The van der Waals surface area contributed by atoms with Gasteiger partial charge in [-0.2, -0.15) is 0 Å². The Hall–Kier alpha value is -2.67. The molecule has 1 aromatic carbocycles. The summed E-state index contributed by atoms with van der Waals surface area (Å²) in [6.45, 7) is 15.4. The molecule has 0 radical (unpaired) electrons. The van der Waals surface area contributed by atoms with Gasteiger partial charge in [-0.15, -0.1) is 6.58 Å². The lowest BCUT2D eigenvalue weighted by molar-refractivity contribution is 0.402. The molecule has 3 aliphatic carbocycles. The second-order valence-corrected chi connectivity index (χ2v) is 9.84. The standard InChI is InChI=1S/C32H37F/c1-6-9-17-29(25-19-18-22(4)21-25)32-28(8-3)31(32)30(32)27(16-12-20-33)23(5)26-15-11-10-14-24(26)13-7-2/h8-12,14-20,28-31H,3,5-7,13,21H2,1-2,4H3/b17-9-,20-12-,27-16-. The quantitative estimate of drug-likeness (QED) is 0.238. The summed E-state index contributed by atoms with van der Waals surface area (Å²) in [5.74, 6) is 1.83. The molecular formula is C32H37F. The van der Waals surface area contributed by atoms with Crippen molar-refractivity contribution in [2.45, 2.75) is 46.5 Å². The molecule has 0 nitrogen and oxygen atoms in total. The number of aryl methyl sites for hydroxylation is 1. The molecule has 0 saturated heterocycles. The lowest BCUT2D eigenvalue weighted by Crippen LogP contribution is -2.20. The molecule has 0 aromatic heterocycles. The van der Waals surface area contributed by atoms with Crippen molar-refractivity contribution in [3.8, 4) is 0 Å². The maximum atomic E-state index is 13.2. The molecule has 1 aromatic rings. The third-order valence-electron chi connectivity index (χ3n) is 7.94. The Labute approximate surface area is 199 Å². The Bertz CT molecular complexity index is 1080. The number of rotatable bonds is 11. The predicted molar refractivity (Wildman–Crippen MR) is 140 cm³/mol. The van der Waals surface area contributed by atoms with E-state index in [9.17, 15) is 4.39 Å². The molecule has 33 heavy (non-hydrogen) atoms. The van der Waals surface area contributed by atoms with Gasteiger partial charge in [-0.05, 0) is 77.7 Å². The van der Waals surface area contributed by atoms with Gasteiger partial charge in [-0.1, -0.05) is 98.7 Å². The molecule has 172 valence electrons. The molecule has 0 bridgehead atoms. The Morgan fingerprint density at radius 1 is 1.24 bits per heavy atom. The van der Waals surface area contributed by atoms with Crippen LogP contribution < -0.4 is 0 Å². The molecule has 3 aliphatic rings. The van der Waals surface area contributed by atoms with Gasteiger partial charge in [-0.3, -0.25) is 0 Å². The third kappa shape index (κ3) is 3.97. The second-order valence-electron chi connectivity index (χ2n) is 9.84. The van der Waals surface area contributed by atoms with E-state index in [4.69, 9.17) is 0 Å². The summed E-state index contributed by atoms with van der Waals surface area (Å²) in [7, 11) is 0. The minimum absolute atomic E-state index is 0.149. The van der Waals surface area contributed by atoms with Crippen molar-refractivity contribution < 1.29 is 4.39 Å². The van der Waals surface area contributed by atoms with Gasteiger partial charge in [0.05, 0.1) is 6.33 Å². The fraction of sp³-hybridized carbons (Fsp3) is 0.375. The van der Waals surface area contributed by atoms with E-state index >= 15 is 0 Å². The molecule has 5 atom stereocenters. The number of benzene rings is 1. The van der Waals surface area contributed by atoms with E-state index in [1.165, 1.54) is 33.9 Å². The minimum Gasteiger partial charge on any atom is -0.216 e. The Morgan fingerprint density at radius 2 is 2.03 bits per heavy atom. The van der Waals surface area contributed by atoms with Crippen LogP contribution in [0.4, 0.5) is 4.39 Å². The first-order chi connectivity index (χ1) is 16.1. The maximum absolute atomic E-state index is 13.2. The van der Waals surface area contributed by atoms with Gasteiger partial charge >= 0.3 is 0 Å². The van der Waals surface area contributed by atoms with Gasteiger partial charge in [0.2, 0.25) is 0 Å². The lowest BCUT2D eigenvalue weighted by atomic mass is 9.75. The molecule has 0 amide bonds. The van der Waals surface area contributed by atoms with Crippen LogP contribution in [0.1, 0.15) is 51.2 Å². The van der Waals surface area contributed by atoms with Crippen LogP contribution in [-0.4, -0.2) is 0 Å². The summed E-state index contributed by atoms with van der Waals surface area (Å²) < 4.78 is 13.2. The van der Waals surface area contributed by atoms with Crippen LogP contribution in [0.3, 0.4) is 0 Å². The predicted octanol–water partition coefficient (Wildman–Crippen LogP) is 8.97. The van der Waals surface area contributed by atoms with E-state index in [2.05, 4.69) is 88.6 Å². The molecule has 5 unspecified atom stereocenters. The molecule has 0 aliphatic heterocycles. The highest BCUT2D eigenvalue weighted by Gasteiger charge is 2.87. The van der Waals surface area contributed by atoms with Crippen LogP contribution in [-0.2, 0) is 6.42 Å². The van der Waals surface area contributed by atoms with Gasteiger partial charge in [0.15, 0.2) is 0 Å². The van der Waals surface area contributed by atoms with Crippen molar-refractivity contribution in [2.24, 2.45) is 29.1 Å². The van der Waals surface area contributed by atoms with Crippen LogP contribution >= 0.6 is 0 Å². The zero-order valence-corrected chi connectivity index (χ0v) is 20.4. The monoisotopic (exact) mass is 440 g/mol. The number of fused-ring (bicyclic) bond motifs is 1. The molecule has 1 heteroatoms. The molecule has 2 saturated carbocycles. The second kappa shape index (κ2) is 9.67. The number of hydrogen-bond donors (Lipinski definition) is 0. The zero-order valence-electron chi connectivity index (χ0n) is 20.4. The van der Waals surface area contributed by atoms with Crippen LogP contribution in [0.2, 0.25) is 0 Å². The summed E-state index contributed by atoms with van der Waals surface area (Å²) in [4.78, 5) is 0. The van der Waals surface area contributed by atoms with Gasteiger partial charge in [0.25, 0.3) is 0 Å². The van der Waals surface area contributed by atoms with Gasteiger partial charge in [0.1, 0.15) is 0 Å². The summed E-state index contributed by atoms with van der Waals surface area (Å²) in [6, 6.07) is 8.56. The first-order valence-corrected chi connectivity index (χ1v) is 12.5.